The Bertz CT molecular complexity index is 1250. The fourth-order valence-electron chi connectivity index (χ4n) is 4.69. The fraction of sp³-hybridized carbons (Fsp3) is 0.370. The summed E-state index contributed by atoms with van der Waals surface area (Å²) in [5.41, 5.74) is 4.46. The van der Waals surface area contributed by atoms with Gasteiger partial charge in [0.25, 0.3) is 11.3 Å². The summed E-state index contributed by atoms with van der Waals surface area (Å²) in [7, 11) is 0. The first-order valence-electron chi connectivity index (χ1n) is 12.2. The fourth-order valence-corrected chi connectivity index (χ4v) is 6.50. The van der Waals surface area contributed by atoms with Crippen LogP contribution in [0.25, 0.3) is 0 Å². The highest BCUT2D eigenvalue weighted by molar-refractivity contribution is 7.81. The van der Waals surface area contributed by atoms with Crippen molar-refractivity contribution in [3.63, 3.8) is 0 Å². The third-order valence-electron chi connectivity index (χ3n) is 6.36. The second-order valence-electron chi connectivity index (χ2n) is 8.95. The molecule has 1 heterocycles. The summed E-state index contributed by atoms with van der Waals surface area (Å²) in [6, 6.07) is 15.6. The number of thiophene rings is 1. The Morgan fingerprint density at radius 2 is 2.11 bits per heavy atom. The zero-order valence-electron chi connectivity index (χ0n) is 20.8. The number of rotatable bonds is 10. The standard InChI is InChI=1S/C27H31ClN2O5S2/c1-3-34-27(31)29-25-10-8-20-7-9-22(16-23(20)24(25)15-19-5-4-6-21(28)14-19)35-12-11-30(37(32)33)26-13-18(2)17-36-26/h4-7,9,13-14,16-17,24-25H,3,8,10-12,15H2,1-2H3,(H,29,31)(H,32,33). The Balaban J connectivity index is 1.53. The molecule has 3 aromatic rings. The van der Waals surface area contributed by atoms with Gasteiger partial charge in [-0.05, 0) is 91.1 Å². The van der Waals surface area contributed by atoms with Crippen LogP contribution in [-0.4, -0.2) is 40.7 Å². The molecule has 3 atom stereocenters. The van der Waals surface area contributed by atoms with Gasteiger partial charge in [-0.2, -0.15) is 0 Å². The predicted octanol–water partition coefficient (Wildman–Crippen LogP) is 6.12. The van der Waals surface area contributed by atoms with Crippen LogP contribution in [0.15, 0.2) is 53.9 Å². The van der Waals surface area contributed by atoms with Crippen LogP contribution in [0.5, 0.6) is 5.75 Å². The highest BCUT2D eigenvalue weighted by Gasteiger charge is 2.32. The first-order chi connectivity index (χ1) is 17.8. The third kappa shape index (κ3) is 7.25. The topological polar surface area (TPSA) is 88.1 Å². The van der Waals surface area contributed by atoms with Gasteiger partial charge in [0.05, 0.1) is 13.2 Å². The number of nitrogens with zero attached hydrogens (tertiary/aromatic N) is 1. The largest absolute Gasteiger partial charge is 0.492 e. The molecule has 0 aliphatic heterocycles. The Kier molecular flexibility index (Phi) is 9.48. The minimum atomic E-state index is -2.14. The van der Waals surface area contributed by atoms with Crippen molar-refractivity contribution in [2.75, 3.05) is 24.1 Å². The van der Waals surface area contributed by atoms with Crippen LogP contribution in [0.1, 0.15) is 41.5 Å². The van der Waals surface area contributed by atoms with E-state index in [1.54, 1.807) is 6.92 Å². The number of carbonyl (C=O) groups is 1. The lowest BCUT2D eigenvalue weighted by Gasteiger charge is -2.34. The van der Waals surface area contributed by atoms with Gasteiger partial charge in [-0.1, -0.05) is 29.8 Å². The quantitative estimate of drug-likeness (QED) is 0.291. The first kappa shape index (κ1) is 27.4. The number of nitrogens with one attached hydrogen (secondary N) is 1. The van der Waals surface area contributed by atoms with E-state index in [1.807, 2.05) is 54.8 Å². The maximum Gasteiger partial charge on any atom is 0.407 e. The van der Waals surface area contributed by atoms with E-state index in [2.05, 4.69) is 11.4 Å². The molecule has 7 nitrogen and oxygen atoms in total. The number of alkyl carbamates (subject to hydrolysis) is 1. The van der Waals surface area contributed by atoms with Crippen LogP contribution in [0.4, 0.5) is 9.80 Å². The maximum atomic E-state index is 12.3. The van der Waals surface area contributed by atoms with E-state index in [0.717, 1.165) is 34.5 Å². The molecule has 1 aromatic heterocycles. The summed E-state index contributed by atoms with van der Waals surface area (Å²) in [4.78, 5) is 12.3. The number of benzene rings is 2. The van der Waals surface area contributed by atoms with Crippen LogP contribution in [-0.2, 0) is 28.8 Å². The van der Waals surface area contributed by atoms with Crippen molar-refractivity contribution in [1.29, 1.82) is 0 Å². The summed E-state index contributed by atoms with van der Waals surface area (Å²) < 4.78 is 34.3. The van der Waals surface area contributed by atoms with E-state index < -0.39 is 17.4 Å². The van der Waals surface area contributed by atoms with E-state index >= 15 is 0 Å². The normalized spacial score (nSPS) is 17.5. The number of fused-ring (bicyclic) bond motifs is 1. The second kappa shape index (κ2) is 12.8. The Hall–Kier alpha value is -2.59. The molecular formula is C27H31ClN2O5S2. The lowest BCUT2D eigenvalue weighted by atomic mass is 9.76. The van der Waals surface area contributed by atoms with E-state index in [4.69, 9.17) is 21.1 Å². The molecule has 37 heavy (non-hydrogen) atoms. The van der Waals surface area contributed by atoms with E-state index in [0.29, 0.717) is 23.8 Å². The van der Waals surface area contributed by atoms with Gasteiger partial charge in [-0.25, -0.2) is 9.00 Å². The number of anilines is 1. The van der Waals surface area contributed by atoms with Gasteiger partial charge in [0, 0.05) is 17.0 Å². The van der Waals surface area contributed by atoms with Crippen molar-refractivity contribution in [3.05, 3.63) is 81.2 Å². The van der Waals surface area contributed by atoms with Gasteiger partial charge in [0.15, 0.2) is 0 Å². The number of hydrogen-bond acceptors (Lipinski definition) is 5. The van der Waals surface area contributed by atoms with Crippen molar-refractivity contribution in [3.8, 4) is 5.75 Å². The Morgan fingerprint density at radius 1 is 1.27 bits per heavy atom. The molecule has 3 unspecified atom stereocenters. The van der Waals surface area contributed by atoms with E-state index in [1.165, 1.54) is 21.2 Å². The molecule has 4 rings (SSSR count). The molecule has 1 aliphatic rings. The SMILES string of the molecule is CCOC(=O)NC1CCc2ccc(OCCN(c3cc(C)cs3)S(=O)O)cc2C1Cc1cccc(Cl)c1. The molecule has 2 N–H and O–H groups in total. The van der Waals surface area contributed by atoms with Crippen molar-refractivity contribution >= 4 is 45.3 Å². The van der Waals surface area contributed by atoms with Crippen LogP contribution in [0.2, 0.25) is 5.02 Å². The minimum Gasteiger partial charge on any atom is -0.492 e. The molecule has 198 valence electrons. The van der Waals surface area contributed by atoms with Gasteiger partial charge in [-0.3, -0.25) is 8.86 Å². The van der Waals surface area contributed by atoms with Crippen molar-refractivity contribution in [2.24, 2.45) is 0 Å². The highest BCUT2D eigenvalue weighted by Crippen LogP contribution is 2.37. The lowest BCUT2D eigenvalue weighted by molar-refractivity contribution is 0.144. The average Bonchev–Trinajstić information content (AvgIpc) is 3.29. The summed E-state index contributed by atoms with van der Waals surface area (Å²) >= 11 is 5.53. The van der Waals surface area contributed by atoms with Crippen LogP contribution >= 0.6 is 22.9 Å². The third-order valence-corrected chi connectivity index (χ3v) is 8.54. The molecule has 0 spiro atoms. The van der Waals surface area contributed by atoms with Crippen LogP contribution in [0, 0.1) is 6.92 Å². The Labute approximate surface area is 229 Å². The van der Waals surface area contributed by atoms with Crippen molar-refractivity contribution in [2.45, 2.75) is 45.1 Å². The summed E-state index contributed by atoms with van der Waals surface area (Å²) in [6.45, 7) is 4.55. The molecule has 0 fully saturated rings. The molecule has 2 aromatic carbocycles. The first-order valence-corrected chi connectivity index (χ1v) is 14.5. The number of ether oxygens (including phenoxy) is 2. The van der Waals surface area contributed by atoms with Gasteiger partial charge < -0.3 is 14.8 Å². The van der Waals surface area contributed by atoms with Crippen LogP contribution < -0.4 is 14.4 Å². The number of halogens is 1. The van der Waals surface area contributed by atoms with Crippen LogP contribution in [0.3, 0.4) is 0 Å². The molecule has 0 bridgehead atoms. The molecule has 0 radical (unpaired) electrons. The highest BCUT2D eigenvalue weighted by atomic mass is 35.5. The number of hydrogen-bond donors (Lipinski definition) is 2. The molecule has 0 saturated carbocycles. The molecule has 1 amide bonds. The van der Waals surface area contributed by atoms with Crippen molar-refractivity contribution in [1.82, 2.24) is 5.32 Å². The average molecular weight is 563 g/mol. The lowest BCUT2D eigenvalue weighted by Crippen LogP contribution is -2.43. The number of amides is 1. The monoisotopic (exact) mass is 562 g/mol. The van der Waals surface area contributed by atoms with Gasteiger partial charge in [0.1, 0.15) is 17.4 Å². The molecule has 1 aliphatic carbocycles. The smallest absolute Gasteiger partial charge is 0.407 e. The second-order valence-corrected chi connectivity index (χ2v) is 11.2. The van der Waals surface area contributed by atoms with Gasteiger partial charge >= 0.3 is 6.09 Å². The predicted molar refractivity (Wildman–Crippen MR) is 149 cm³/mol. The maximum absolute atomic E-state index is 12.3. The summed E-state index contributed by atoms with van der Waals surface area (Å²) in [5.74, 6) is 0.684. The zero-order valence-corrected chi connectivity index (χ0v) is 23.2. The van der Waals surface area contributed by atoms with E-state index in [-0.39, 0.29) is 25.1 Å². The molecule has 10 heteroatoms. The Morgan fingerprint density at radius 3 is 2.81 bits per heavy atom. The molecular weight excluding hydrogens is 532 g/mol. The zero-order chi connectivity index (χ0) is 26.4. The minimum absolute atomic E-state index is 0.00529. The van der Waals surface area contributed by atoms with Gasteiger partial charge in [-0.15, -0.1) is 11.3 Å². The number of aryl methyl sites for hydroxylation is 2. The van der Waals surface area contributed by atoms with Gasteiger partial charge in [0.2, 0.25) is 0 Å². The van der Waals surface area contributed by atoms with E-state index in [9.17, 15) is 13.6 Å². The van der Waals surface area contributed by atoms with Crippen molar-refractivity contribution < 1.29 is 23.0 Å². The summed E-state index contributed by atoms with van der Waals surface area (Å²) in [6.07, 6.45) is 1.91. The molecule has 0 saturated heterocycles. The summed E-state index contributed by atoms with van der Waals surface area (Å²) in [5, 5.41) is 6.40. The number of carbonyl (C=O) groups excluding carboxylic acids is 1.